The SMILES string of the molecule is C=C.C=C(Cc1ccccc1C)c1ccccc1C.CC. The lowest BCUT2D eigenvalue weighted by molar-refractivity contribution is 1.22. The van der Waals surface area contributed by atoms with Crippen molar-refractivity contribution in [1.82, 2.24) is 0 Å². The van der Waals surface area contributed by atoms with E-state index in [9.17, 15) is 0 Å². The Morgan fingerprint density at radius 3 is 1.81 bits per heavy atom. The van der Waals surface area contributed by atoms with Crippen LogP contribution in [0.5, 0.6) is 0 Å². The quantitative estimate of drug-likeness (QED) is 0.572. The number of rotatable bonds is 3. The van der Waals surface area contributed by atoms with Crippen LogP contribution in [0.15, 0.2) is 68.3 Å². The van der Waals surface area contributed by atoms with Crippen LogP contribution in [0.3, 0.4) is 0 Å². The topological polar surface area (TPSA) is 0 Å². The van der Waals surface area contributed by atoms with E-state index in [4.69, 9.17) is 0 Å². The fraction of sp³-hybridized carbons (Fsp3) is 0.238. The second kappa shape index (κ2) is 10.7. The van der Waals surface area contributed by atoms with Crippen molar-refractivity contribution in [1.29, 1.82) is 0 Å². The summed E-state index contributed by atoms with van der Waals surface area (Å²) >= 11 is 0. The van der Waals surface area contributed by atoms with Crippen LogP contribution in [-0.4, -0.2) is 0 Å². The summed E-state index contributed by atoms with van der Waals surface area (Å²) in [6.45, 7) is 18.5. The molecule has 0 amide bonds. The molecule has 0 N–H and O–H groups in total. The third-order valence-corrected chi connectivity index (χ3v) is 3.19. The normalized spacial score (nSPS) is 8.76. The van der Waals surface area contributed by atoms with Gasteiger partial charge in [-0.15, -0.1) is 13.2 Å². The van der Waals surface area contributed by atoms with E-state index in [0.29, 0.717) is 0 Å². The highest BCUT2D eigenvalue weighted by atomic mass is 14.1. The molecule has 0 aliphatic carbocycles. The lowest BCUT2D eigenvalue weighted by Gasteiger charge is -2.11. The minimum Gasteiger partial charge on any atom is -0.106 e. The maximum atomic E-state index is 4.22. The van der Waals surface area contributed by atoms with Crippen LogP contribution in [0.4, 0.5) is 0 Å². The predicted octanol–water partition coefficient (Wildman–Crippen LogP) is 6.39. The zero-order valence-corrected chi connectivity index (χ0v) is 13.9. The molecular formula is C21H28. The van der Waals surface area contributed by atoms with E-state index in [1.807, 2.05) is 13.8 Å². The first-order chi connectivity index (χ1) is 10.2. The predicted molar refractivity (Wildman–Crippen MR) is 97.7 cm³/mol. The zero-order valence-electron chi connectivity index (χ0n) is 13.9. The molecule has 2 aromatic carbocycles. The molecule has 0 nitrogen and oxygen atoms in total. The maximum Gasteiger partial charge on any atom is -0.00230 e. The highest BCUT2D eigenvalue weighted by Crippen LogP contribution is 2.22. The van der Waals surface area contributed by atoms with E-state index < -0.39 is 0 Å². The van der Waals surface area contributed by atoms with Gasteiger partial charge in [0.15, 0.2) is 0 Å². The lowest BCUT2D eigenvalue weighted by Crippen LogP contribution is -1.94. The summed E-state index contributed by atoms with van der Waals surface area (Å²) in [6.07, 6.45) is 0.928. The summed E-state index contributed by atoms with van der Waals surface area (Å²) in [7, 11) is 0. The molecule has 0 saturated carbocycles. The van der Waals surface area contributed by atoms with E-state index in [2.05, 4.69) is 82.1 Å². The van der Waals surface area contributed by atoms with Crippen molar-refractivity contribution in [2.75, 3.05) is 0 Å². The molecule has 0 heteroatoms. The Morgan fingerprint density at radius 1 is 0.810 bits per heavy atom. The van der Waals surface area contributed by atoms with Gasteiger partial charge in [0.25, 0.3) is 0 Å². The van der Waals surface area contributed by atoms with E-state index in [1.165, 1.54) is 27.8 Å². The molecule has 0 radical (unpaired) electrons. The van der Waals surface area contributed by atoms with Crippen LogP contribution in [0.25, 0.3) is 5.57 Å². The first kappa shape index (κ1) is 18.9. The van der Waals surface area contributed by atoms with Crippen molar-refractivity contribution in [2.24, 2.45) is 0 Å². The number of aryl methyl sites for hydroxylation is 2. The average Bonchev–Trinajstić information content (AvgIpc) is 2.54. The van der Waals surface area contributed by atoms with Crippen LogP contribution in [0.2, 0.25) is 0 Å². The molecule has 0 aliphatic heterocycles. The fourth-order valence-electron chi connectivity index (χ4n) is 2.10. The summed E-state index contributed by atoms with van der Waals surface area (Å²) in [5.74, 6) is 0. The van der Waals surface area contributed by atoms with Gasteiger partial charge >= 0.3 is 0 Å². The molecule has 0 fully saturated rings. The van der Waals surface area contributed by atoms with E-state index in [-0.39, 0.29) is 0 Å². The van der Waals surface area contributed by atoms with Gasteiger partial charge in [0.05, 0.1) is 0 Å². The first-order valence-corrected chi connectivity index (χ1v) is 7.47. The van der Waals surface area contributed by atoms with Crippen molar-refractivity contribution >= 4 is 5.57 Å². The average molecular weight is 280 g/mol. The molecule has 2 rings (SSSR count). The van der Waals surface area contributed by atoms with Gasteiger partial charge in [-0.2, -0.15) is 0 Å². The van der Waals surface area contributed by atoms with E-state index in [1.54, 1.807) is 0 Å². The Balaban J connectivity index is 0.000000921. The number of allylic oxidation sites excluding steroid dienone is 1. The summed E-state index contributed by atoms with van der Waals surface area (Å²) in [4.78, 5) is 0. The van der Waals surface area contributed by atoms with Gasteiger partial charge in [0, 0.05) is 0 Å². The molecule has 2 aromatic rings. The third-order valence-electron chi connectivity index (χ3n) is 3.19. The molecule has 0 spiro atoms. The smallest absolute Gasteiger partial charge is 0.00230 e. The molecule has 0 bridgehead atoms. The first-order valence-electron chi connectivity index (χ1n) is 7.47. The van der Waals surface area contributed by atoms with Gasteiger partial charge in [0.1, 0.15) is 0 Å². The summed E-state index contributed by atoms with van der Waals surface area (Å²) in [5.41, 5.74) is 6.46. The minimum absolute atomic E-state index is 0.928. The molecule has 0 saturated heterocycles. The van der Waals surface area contributed by atoms with Crippen LogP contribution < -0.4 is 0 Å². The Kier molecular flexibility index (Phi) is 9.62. The maximum absolute atomic E-state index is 4.22. The molecule has 0 aliphatic rings. The summed E-state index contributed by atoms with van der Waals surface area (Å²) in [6, 6.07) is 16.9. The fourth-order valence-corrected chi connectivity index (χ4v) is 2.10. The Hall–Kier alpha value is -2.08. The largest absolute Gasteiger partial charge is 0.106 e. The molecule has 112 valence electrons. The van der Waals surface area contributed by atoms with Crippen LogP contribution in [-0.2, 0) is 6.42 Å². The van der Waals surface area contributed by atoms with Gasteiger partial charge in [-0.05, 0) is 48.1 Å². The second-order valence-corrected chi connectivity index (χ2v) is 4.52. The van der Waals surface area contributed by atoms with Crippen molar-refractivity contribution in [2.45, 2.75) is 34.1 Å². The van der Waals surface area contributed by atoms with Gasteiger partial charge in [0.2, 0.25) is 0 Å². The van der Waals surface area contributed by atoms with Crippen LogP contribution in [0.1, 0.15) is 36.1 Å². The van der Waals surface area contributed by atoms with E-state index in [0.717, 1.165) is 6.42 Å². The molecular weight excluding hydrogens is 252 g/mol. The standard InChI is InChI=1S/C17H18.C2H6.C2H4/c1-13-8-4-6-10-16(13)12-15(3)17-11-7-5-9-14(17)2;2*1-2/h4-11H,3,12H2,1-2H3;1-2H3;1-2H2. The van der Waals surface area contributed by atoms with Crippen molar-refractivity contribution in [3.8, 4) is 0 Å². The van der Waals surface area contributed by atoms with Gasteiger partial charge in [-0.1, -0.05) is 69.0 Å². The lowest BCUT2D eigenvalue weighted by atomic mass is 9.94. The summed E-state index contributed by atoms with van der Waals surface area (Å²) in [5, 5.41) is 0. The highest BCUT2D eigenvalue weighted by Gasteiger charge is 2.04. The van der Waals surface area contributed by atoms with Crippen molar-refractivity contribution in [3.63, 3.8) is 0 Å². The number of benzene rings is 2. The Morgan fingerprint density at radius 2 is 1.29 bits per heavy atom. The summed E-state index contributed by atoms with van der Waals surface area (Å²) < 4.78 is 0. The second-order valence-electron chi connectivity index (χ2n) is 4.52. The van der Waals surface area contributed by atoms with Crippen molar-refractivity contribution < 1.29 is 0 Å². The highest BCUT2D eigenvalue weighted by molar-refractivity contribution is 5.68. The number of hydrogen-bond acceptors (Lipinski definition) is 0. The molecule has 0 unspecified atom stereocenters. The molecule has 21 heavy (non-hydrogen) atoms. The molecule has 0 aromatic heterocycles. The third kappa shape index (κ3) is 5.83. The van der Waals surface area contributed by atoms with Gasteiger partial charge in [-0.3, -0.25) is 0 Å². The van der Waals surface area contributed by atoms with Gasteiger partial charge < -0.3 is 0 Å². The molecule has 0 heterocycles. The monoisotopic (exact) mass is 280 g/mol. The Labute approximate surface area is 130 Å². The zero-order chi connectivity index (χ0) is 16.3. The number of hydrogen-bond donors (Lipinski definition) is 0. The molecule has 0 atom stereocenters. The minimum atomic E-state index is 0.928. The van der Waals surface area contributed by atoms with E-state index >= 15 is 0 Å². The Bertz CT molecular complexity index is 549. The van der Waals surface area contributed by atoms with Gasteiger partial charge in [-0.25, -0.2) is 0 Å². The van der Waals surface area contributed by atoms with Crippen LogP contribution >= 0.6 is 0 Å². The van der Waals surface area contributed by atoms with Crippen molar-refractivity contribution in [3.05, 3.63) is 90.5 Å². The van der Waals surface area contributed by atoms with Crippen LogP contribution in [0, 0.1) is 13.8 Å².